The van der Waals surface area contributed by atoms with Crippen molar-refractivity contribution in [1.29, 1.82) is 0 Å². The summed E-state index contributed by atoms with van der Waals surface area (Å²) in [6, 6.07) is 8.26. The maximum Gasteiger partial charge on any atom is 0.137 e. The molecule has 104 valence electrons. The van der Waals surface area contributed by atoms with Crippen LogP contribution in [0.1, 0.15) is 49.7 Å². The number of nitrogens with two attached hydrogens (primary N) is 1. The van der Waals surface area contributed by atoms with Crippen molar-refractivity contribution in [2.45, 2.75) is 51.9 Å². The average molecular weight is 259 g/mol. The molecule has 2 heteroatoms. The minimum absolute atomic E-state index is 0.0973. The number of hydrogen-bond acceptors (Lipinski definition) is 2. The molecule has 1 aromatic carbocycles. The Morgan fingerprint density at radius 3 is 2.37 bits per heavy atom. The molecular weight excluding hydrogens is 234 g/mol. The van der Waals surface area contributed by atoms with Gasteiger partial charge in [0.1, 0.15) is 5.78 Å². The monoisotopic (exact) mass is 259 g/mol. The second-order valence-electron chi connectivity index (χ2n) is 6.14. The van der Waals surface area contributed by atoms with Crippen LogP contribution >= 0.6 is 0 Å². The van der Waals surface area contributed by atoms with E-state index in [0.717, 1.165) is 18.4 Å². The first-order valence-electron chi connectivity index (χ1n) is 7.41. The molecule has 1 aliphatic rings. The largest absolute Gasteiger partial charge is 0.330 e. The first kappa shape index (κ1) is 14.3. The van der Waals surface area contributed by atoms with E-state index in [9.17, 15) is 4.79 Å². The molecule has 0 spiro atoms. The highest BCUT2D eigenvalue weighted by Gasteiger charge is 2.32. The third kappa shape index (κ3) is 3.90. The van der Waals surface area contributed by atoms with E-state index in [0.29, 0.717) is 25.2 Å². The van der Waals surface area contributed by atoms with Gasteiger partial charge in [-0.2, -0.15) is 0 Å². The molecular formula is C17H25NO. The summed E-state index contributed by atoms with van der Waals surface area (Å²) in [5.41, 5.74) is 8.41. The summed E-state index contributed by atoms with van der Waals surface area (Å²) in [5, 5.41) is 0. The molecule has 2 nitrogen and oxygen atoms in total. The standard InChI is InChI=1S/C17H25NO/c1-14-5-7-15(8-6-14)11-16(19)12-17(13-18)9-3-2-4-10-17/h5-8H,2-4,9-13,18H2,1H3. The van der Waals surface area contributed by atoms with Crippen LogP contribution in [-0.4, -0.2) is 12.3 Å². The Labute approximate surface area is 116 Å². The first-order chi connectivity index (χ1) is 9.13. The van der Waals surface area contributed by atoms with Gasteiger partial charge in [0.05, 0.1) is 0 Å². The van der Waals surface area contributed by atoms with Gasteiger partial charge in [0.2, 0.25) is 0 Å². The van der Waals surface area contributed by atoms with E-state index < -0.39 is 0 Å². The number of carbonyl (C=O) groups is 1. The first-order valence-corrected chi connectivity index (χ1v) is 7.41. The van der Waals surface area contributed by atoms with E-state index in [4.69, 9.17) is 5.73 Å². The number of benzene rings is 1. The van der Waals surface area contributed by atoms with Crippen LogP contribution in [0.25, 0.3) is 0 Å². The van der Waals surface area contributed by atoms with E-state index >= 15 is 0 Å². The van der Waals surface area contributed by atoms with Gasteiger partial charge >= 0.3 is 0 Å². The van der Waals surface area contributed by atoms with Crippen LogP contribution in [0.5, 0.6) is 0 Å². The molecule has 2 rings (SSSR count). The average Bonchev–Trinajstić information content (AvgIpc) is 2.42. The van der Waals surface area contributed by atoms with Crippen LogP contribution in [-0.2, 0) is 11.2 Å². The summed E-state index contributed by atoms with van der Waals surface area (Å²) in [4.78, 5) is 12.3. The summed E-state index contributed by atoms with van der Waals surface area (Å²) in [6.45, 7) is 2.73. The molecule has 19 heavy (non-hydrogen) atoms. The zero-order valence-electron chi connectivity index (χ0n) is 12.0. The Hall–Kier alpha value is -1.15. The summed E-state index contributed by atoms with van der Waals surface area (Å²) in [5.74, 6) is 0.344. The van der Waals surface area contributed by atoms with E-state index in [-0.39, 0.29) is 5.41 Å². The highest BCUT2D eigenvalue weighted by atomic mass is 16.1. The minimum atomic E-state index is 0.0973. The van der Waals surface area contributed by atoms with Gasteiger partial charge in [0, 0.05) is 12.8 Å². The van der Waals surface area contributed by atoms with Crippen molar-refractivity contribution in [3.8, 4) is 0 Å². The van der Waals surface area contributed by atoms with Crippen molar-refractivity contribution in [2.75, 3.05) is 6.54 Å². The quantitative estimate of drug-likeness (QED) is 0.880. The van der Waals surface area contributed by atoms with Gasteiger partial charge < -0.3 is 5.73 Å². The maximum atomic E-state index is 12.3. The molecule has 1 aromatic rings. The normalized spacial score (nSPS) is 18.2. The van der Waals surface area contributed by atoms with Crippen LogP contribution in [0.4, 0.5) is 0 Å². The second-order valence-corrected chi connectivity index (χ2v) is 6.14. The lowest BCUT2D eigenvalue weighted by atomic mass is 9.70. The molecule has 0 bridgehead atoms. The predicted octanol–water partition coefficient (Wildman–Crippen LogP) is 3.41. The molecule has 0 heterocycles. The van der Waals surface area contributed by atoms with Gasteiger partial charge in [-0.1, -0.05) is 49.1 Å². The lowest BCUT2D eigenvalue weighted by Gasteiger charge is -2.35. The van der Waals surface area contributed by atoms with Gasteiger partial charge in [-0.3, -0.25) is 4.79 Å². The molecule has 0 amide bonds. The van der Waals surface area contributed by atoms with Gasteiger partial charge in [0.25, 0.3) is 0 Å². The Kier molecular flexibility index (Phi) is 4.76. The summed E-state index contributed by atoms with van der Waals surface area (Å²) >= 11 is 0. The van der Waals surface area contributed by atoms with E-state index in [2.05, 4.69) is 31.2 Å². The molecule has 1 saturated carbocycles. The SMILES string of the molecule is Cc1ccc(CC(=O)CC2(CN)CCCCC2)cc1. The molecule has 0 unspecified atom stereocenters. The number of ketones is 1. The van der Waals surface area contributed by atoms with Gasteiger partial charge in [-0.25, -0.2) is 0 Å². The van der Waals surface area contributed by atoms with Crippen molar-refractivity contribution in [2.24, 2.45) is 11.1 Å². The number of aryl methyl sites for hydroxylation is 1. The smallest absolute Gasteiger partial charge is 0.137 e. The van der Waals surface area contributed by atoms with E-state index in [1.165, 1.54) is 24.8 Å². The predicted molar refractivity (Wildman–Crippen MR) is 79.1 cm³/mol. The van der Waals surface area contributed by atoms with E-state index in [1.54, 1.807) is 0 Å². The lowest BCUT2D eigenvalue weighted by Crippen LogP contribution is -2.35. The van der Waals surface area contributed by atoms with Crippen LogP contribution in [0, 0.1) is 12.3 Å². The molecule has 2 N–H and O–H groups in total. The van der Waals surface area contributed by atoms with Gasteiger partial charge in [0.15, 0.2) is 0 Å². The minimum Gasteiger partial charge on any atom is -0.330 e. The molecule has 0 radical (unpaired) electrons. The van der Waals surface area contributed by atoms with Crippen molar-refractivity contribution in [1.82, 2.24) is 0 Å². The Morgan fingerprint density at radius 2 is 1.79 bits per heavy atom. The number of rotatable bonds is 5. The summed E-state index contributed by atoms with van der Waals surface area (Å²) in [6.07, 6.45) is 7.24. The third-order valence-corrected chi connectivity index (χ3v) is 4.44. The topological polar surface area (TPSA) is 43.1 Å². The fourth-order valence-electron chi connectivity index (χ4n) is 3.17. The molecule has 1 fully saturated rings. The van der Waals surface area contributed by atoms with E-state index in [1.807, 2.05) is 0 Å². The van der Waals surface area contributed by atoms with Crippen molar-refractivity contribution < 1.29 is 4.79 Å². The van der Waals surface area contributed by atoms with Crippen LogP contribution in [0.2, 0.25) is 0 Å². The number of hydrogen-bond donors (Lipinski definition) is 1. The number of carbonyl (C=O) groups excluding carboxylic acids is 1. The fraction of sp³-hybridized carbons (Fsp3) is 0.588. The third-order valence-electron chi connectivity index (χ3n) is 4.44. The Bertz CT molecular complexity index is 415. The summed E-state index contributed by atoms with van der Waals surface area (Å²) in [7, 11) is 0. The second kappa shape index (κ2) is 6.33. The summed E-state index contributed by atoms with van der Waals surface area (Å²) < 4.78 is 0. The van der Waals surface area contributed by atoms with Crippen LogP contribution in [0.15, 0.2) is 24.3 Å². The highest BCUT2D eigenvalue weighted by Crippen LogP contribution is 2.38. The highest BCUT2D eigenvalue weighted by molar-refractivity contribution is 5.81. The lowest BCUT2D eigenvalue weighted by molar-refractivity contribution is -0.121. The Morgan fingerprint density at radius 1 is 1.16 bits per heavy atom. The molecule has 1 aliphatic carbocycles. The molecule has 0 atom stereocenters. The van der Waals surface area contributed by atoms with Gasteiger partial charge in [-0.15, -0.1) is 0 Å². The number of Topliss-reactive ketones (excluding diaryl/α,β-unsaturated/α-hetero) is 1. The maximum absolute atomic E-state index is 12.3. The fourth-order valence-corrected chi connectivity index (χ4v) is 3.17. The van der Waals surface area contributed by atoms with Gasteiger partial charge in [-0.05, 0) is 37.3 Å². The zero-order valence-corrected chi connectivity index (χ0v) is 12.0. The van der Waals surface area contributed by atoms with Crippen LogP contribution < -0.4 is 5.73 Å². The molecule has 0 saturated heterocycles. The molecule has 0 aliphatic heterocycles. The molecule has 0 aromatic heterocycles. The van der Waals surface area contributed by atoms with Crippen molar-refractivity contribution >= 4 is 5.78 Å². The van der Waals surface area contributed by atoms with Crippen molar-refractivity contribution in [3.05, 3.63) is 35.4 Å². The van der Waals surface area contributed by atoms with Crippen molar-refractivity contribution in [3.63, 3.8) is 0 Å². The Balaban J connectivity index is 1.94. The van der Waals surface area contributed by atoms with Crippen LogP contribution in [0.3, 0.4) is 0 Å². The zero-order chi connectivity index (χ0) is 13.7.